The minimum absolute atomic E-state index is 0.505. The summed E-state index contributed by atoms with van der Waals surface area (Å²) in [5.74, 6) is 0.707. The SMILES string of the molecule is CCC(CC)C(CN)N(CC)Cc1ccccc1. The molecular formula is C16H28N2. The first-order chi connectivity index (χ1) is 8.76. The summed E-state index contributed by atoms with van der Waals surface area (Å²) in [5, 5.41) is 0. The normalized spacial score (nSPS) is 13.2. The molecule has 18 heavy (non-hydrogen) atoms. The van der Waals surface area contributed by atoms with E-state index in [1.807, 2.05) is 0 Å². The van der Waals surface area contributed by atoms with Crippen molar-refractivity contribution in [3.8, 4) is 0 Å². The molecule has 102 valence electrons. The second-order valence-electron chi connectivity index (χ2n) is 4.93. The molecule has 2 N–H and O–H groups in total. The van der Waals surface area contributed by atoms with E-state index in [-0.39, 0.29) is 0 Å². The van der Waals surface area contributed by atoms with E-state index in [0.29, 0.717) is 12.0 Å². The molecule has 2 heteroatoms. The van der Waals surface area contributed by atoms with Gasteiger partial charge in [-0.2, -0.15) is 0 Å². The standard InChI is InChI=1S/C16H28N2/c1-4-15(5-2)16(12-17)18(6-3)13-14-10-8-7-9-11-14/h7-11,15-16H,4-6,12-13,17H2,1-3H3. The van der Waals surface area contributed by atoms with Crippen molar-refractivity contribution in [2.24, 2.45) is 11.7 Å². The molecule has 1 aromatic carbocycles. The first-order valence-electron chi connectivity index (χ1n) is 7.24. The number of rotatable bonds is 8. The minimum atomic E-state index is 0.505. The summed E-state index contributed by atoms with van der Waals surface area (Å²) in [4.78, 5) is 2.52. The maximum Gasteiger partial charge on any atom is 0.0249 e. The van der Waals surface area contributed by atoms with Crippen LogP contribution in [0.25, 0.3) is 0 Å². The van der Waals surface area contributed by atoms with Gasteiger partial charge in [0.15, 0.2) is 0 Å². The zero-order valence-electron chi connectivity index (χ0n) is 12.1. The number of nitrogens with zero attached hydrogens (tertiary/aromatic N) is 1. The molecule has 0 aliphatic rings. The van der Waals surface area contributed by atoms with E-state index in [1.54, 1.807) is 0 Å². The molecular weight excluding hydrogens is 220 g/mol. The molecule has 1 unspecified atom stereocenters. The fraction of sp³-hybridized carbons (Fsp3) is 0.625. The van der Waals surface area contributed by atoms with Crippen molar-refractivity contribution in [1.82, 2.24) is 4.90 Å². The van der Waals surface area contributed by atoms with Crippen molar-refractivity contribution >= 4 is 0 Å². The number of hydrogen-bond donors (Lipinski definition) is 1. The Morgan fingerprint density at radius 2 is 1.67 bits per heavy atom. The van der Waals surface area contributed by atoms with Gasteiger partial charge >= 0.3 is 0 Å². The van der Waals surface area contributed by atoms with Crippen LogP contribution in [-0.2, 0) is 6.54 Å². The van der Waals surface area contributed by atoms with Crippen molar-refractivity contribution < 1.29 is 0 Å². The number of nitrogens with two attached hydrogens (primary N) is 1. The summed E-state index contributed by atoms with van der Waals surface area (Å²) in [7, 11) is 0. The third kappa shape index (κ3) is 4.11. The van der Waals surface area contributed by atoms with Crippen molar-refractivity contribution in [3.05, 3.63) is 35.9 Å². The lowest BCUT2D eigenvalue weighted by Gasteiger charge is -2.35. The van der Waals surface area contributed by atoms with Gasteiger partial charge in [0.1, 0.15) is 0 Å². The Bertz CT molecular complexity index is 306. The van der Waals surface area contributed by atoms with Gasteiger partial charge in [-0.3, -0.25) is 4.90 Å². The Morgan fingerprint density at radius 3 is 2.11 bits per heavy atom. The molecule has 0 aliphatic heterocycles. The van der Waals surface area contributed by atoms with Crippen molar-refractivity contribution in [3.63, 3.8) is 0 Å². The number of benzene rings is 1. The van der Waals surface area contributed by atoms with Gasteiger partial charge in [0.25, 0.3) is 0 Å². The third-order valence-corrected chi connectivity index (χ3v) is 3.94. The van der Waals surface area contributed by atoms with Gasteiger partial charge in [-0.05, 0) is 18.0 Å². The van der Waals surface area contributed by atoms with Crippen LogP contribution >= 0.6 is 0 Å². The van der Waals surface area contributed by atoms with Crippen LogP contribution in [0.2, 0.25) is 0 Å². The van der Waals surface area contributed by atoms with Crippen LogP contribution in [-0.4, -0.2) is 24.0 Å². The van der Waals surface area contributed by atoms with Crippen LogP contribution in [0.5, 0.6) is 0 Å². The molecule has 0 amide bonds. The van der Waals surface area contributed by atoms with Gasteiger partial charge in [-0.1, -0.05) is 63.9 Å². The van der Waals surface area contributed by atoms with Gasteiger partial charge in [0.05, 0.1) is 0 Å². The second kappa shape index (κ2) is 8.28. The lowest BCUT2D eigenvalue weighted by Crippen LogP contribution is -2.44. The maximum atomic E-state index is 6.01. The molecule has 0 radical (unpaired) electrons. The summed E-state index contributed by atoms with van der Waals surface area (Å²) in [5.41, 5.74) is 7.39. The first kappa shape index (κ1) is 15.2. The fourth-order valence-electron chi connectivity index (χ4n) is 2.75. The van der Waals surface area contributed by atoms with Crippen LogP contribution in [0.15, 0.2) is 30.3 Å². The predicted octanol–water partition coefficient (Wildman–Crippen LogP) is 3.27. The highest BCUT2D eigenvalue weighted by Gasteiger charge is 2.22. The van der Waals surface area contributed by atoms with Crippen molar-refractivity contribution in [2.45, 2.75) is 46.2 Å². The lowest BCUT2D eigenvalue weighted by molar-refractivity contribution is 0.139. The molecule has 0 saturated carbocycles. The van der Waals surface area contributed by atoms with E-state index in [1.165, 1.54) is 18.4 Å². The zero-order chi connectivity index (χ0) is 13.4. The van der Waals surface area contributed by atoms with Crippen LogP contribution in [0.3, 0.4) is 0 Å². The second-order valence-corrected chi connectivity index (χ2v) is 4.93. The molecule has 0 aromatic heterocycles. The van der Waals surface area contributed by atoms with Crippen LogP contribution in [0, 0.1) is 5.92 Å². The van der Waals surface area contributed by atoms with Gasteiger partial charge in [0, 0.05) is 19.1 Å². The number of likely N-dealkylation sites (N-methyl/N-ethyl adjacent to an activating group) is 1. The highest BCUT2D eigenvalue weighted by molar-refractivity contribution is 5.14. The minimum Gasteiger partial charge on any atom is -0.329 e. The molecule has 0 spiro atoms. The molecule has 2 nitrogen and oxygen atoms in total. The topological polar surface area (TPSA) is 29.3 Å². The Balaban J connectivity index is 2.74. The Morgan fingerprint density at radius 1 is 1.06 bits per heavy atom. The fourth-order valence-corrected chi connectivity index (χ4v) is 2.75. The van der Waals surface area contributed by atoms with E-state index in [0.717, 1.165) is 19.6 Å². The van der Waals surface area contributed by atoms with Crippen LogP contribution in [0.1, 0.15) is 39.2 Å². The smallest absolute Gasteiger partial charge is 0.0249 e. The van der Waals surface area contributed by atoms with Gasteiger partial charge in [-0.15, -0.1) is 0 Å². The average molecular weight is 248 g/mol. The lowest BCUT2D eigenvalue weighted by atomic mass is 9.92. The third-order valence-electron chi connectivity index (χ3n) is 3.94. The van der Waals surface area contributed by atoms with Gasteiger partial charge in [0.2, 0.25) is 0 Å². The van der Waals surface area contributed by atoms with Gasteiger partial charge < -0.3 is 5.73 Å². The Kier molecular flexibility index (Phi) is 6.99. The van der Waals surface area contributed by atoms with E-state index in [4.69, 9.17) is 5.73 Å². The summed E-state index contributed by atoms with van der Waals surface area (Å²) in [6.45, 7) is 9.60. The van der Waals surface area contributed by atoms with Crippen molar-refractivity contribution in [1.29, 1.82) is 0 Å². The molecule has 0 saturated heterocycles. The summed E-state index contributed by atoms with van der Waals surface area (Å²) < 4.78 is 0. The molecule has 0 aliphatic carbocycles. The van der Waals surface area contributed by atoms with E-state index >= 15 is 0 Å². The molecule has 1 aromatic rings. The quantitative estimate of drug-likeness (QED) is 0.765. The van der Waals surface area contributed by atoms with E-state index in [9.17, 15) is 0 Å². The molecule has 1 atom stereocenters. The summed E-state index contributed by atoms with van der Waals surface area (Å²) in [6.07, 6.45) is 2.42. The van der Waals surface area contributed by atoms with Gasteiger partial charge in [-0.25, -0.2) is 0 Å². The largest absolute Gasteiger partial charge is 0.329 e. The maximum absolute atomic E-state index is 6.01. The molecule has 0 heterocycles. The molecule has 0 fully saturated rings. The average Bonchev–Trinajstić information content (AvgIpc) is 2.43. The Labute approximate surface area is 112 Å². The predicted molar refractivity (Wildman–Crippen MR) is 79.4 cm³/mol. The highest BCUT2D eigenvalue weighted by Crippen LogP contribution is 2.20. The zero-order valence-corrected chi connectivity index (χ0v) is 12.1. The van der Waals surface area contributed by atoms with Crippen LogP contribution < -0.4 is 5.73 Å². The Hall–Kier alpha value is -0.860. The summed E-state index contributed by atoms with van der Waals surface area (Å²) in [6, 6.07) is 11.2. The van der Waals surface area contributed by atoms with E-state index < -0.39 is 0 Å². The van der Waals surface area contributed by atoms with Crippen molar-refractivity contribution in [2.75, 3.05) is 13.1 Å². The first-order valence-corrected chi connectivity index (χ1v) is 7.24. The monoisotopic (exact) mass is 248 g/mol. The number of hydrogen-bond acceptors (Lipinski definition) is 2. The summed E-state index contributed by atoms with van der Waals surface area (Å²) >= 11 is 0. The highest BCUT2D eigenvalue weighted by atomic mass is 15.2. The van der Waals surface area contributed by atoms with E-state index in [2.05, 4.69) is 56.0 Å². The van der Waals surface area contributed by atoms with Crippen LogP contribution in [0.4, 0.5) is 0 Å². The molecule has 1 rings (SSSR count). The molecule has 0 bridgehead atoms.